The molecule has 0 atom stereocenters. The van der Waals surface area contributed by atoms with Crippen molar-refractivity contribution >= 4 is 22.6 Å². The highest BCUT2D eigenvalue weighted by Crippen LogP contribution is 2.12. The molecule has 0 spiro atoms. The summed E-state index contributed by atoms with van der Waals surface area (Å²) in [5, 5.41) is 12.4. The van der Waals surface area contributed by atoms with E-state index < -0.39 is 17.4 Å². The summed E-state index contributed by atoms with van der Waals surface area (Å²) in [5.41, 5.74) is -0.689. The molecule has 0 unspecified atom stereocenters. The van der Waals surface area contributed by atoms with Crippen LogP contribution in [0.2, 0.25) is 0 Å². The number of benzene rings is 1. The Morgan fingerprint density at radius 1 is 1.32 bits per heavy atom. The fourth-order valence-corrected chi connectivity index (χ4v) is 1.85. The lowest BCUT2D eigenvalue weighted by Crippen LogP contribution is -2.33. The number of aromatic nitrogens is 1. The lowest BCUT2D eigenvalue weighted by atomic mass is 10.1. The van der Waals surface area contributed by atoms with E-state index in [1.807, 2.05) is 0 Å². The van der Waals surface area contributed by atoms with Crippen molar-refractivity contribution in [3.63, 3.8) is 0 Å². The maximum Gasteiger partial charge on any atom is 0.352 e. The summed E-state index contributed by atoms with van der Waals surface area (Å²) in [7, 11) is 1.43. The molecule has 98 valence electrons. The Balaban J connectivity index is 2.75. The molecule has 0 fully saturated rings. The Bertz CT molecular complexity index is 718. The second-order valence-corrected chi connectivity index (χ2v) is 3.99. The molecule has 6 heteroatoms. The Morgan fingerprint density at radius 3 is 2.63 bits per heavy atom. The summed E-state index contributed by atoms with van der Waals surface area (Å²) in [6.07, 6.45) is 0. The van der Waals surface area contributed by atoms with Crippen molar-refractivity contribution in [2.45, 2.75) is 6.54 Å². The van der Waals surface area contributed by atoms with E-state index >= 15 is 0 Å². The lowest BCUT2D eigenvalue weighted by molar-refractivity contribution is -0.121. The fourth-order valence-electron chi connectivity index (χ4n) is 1.85. The van der Waals surface area contributed by atoms with Gasteiger partial charge in [-0.15, -0.1) is 0 Å². The van der Waals surface area contributed by atoms with Crippen LogP contribution in [0.5, 0.6) is 0 Å². The quantitative estimate of drug-likeness (QED) is 0.838. The Labute approximate surface area is 108 Å². The second kappa shape index (κ2) is 4.93. The molecule has 0 aliphatic heterocycles. The van der Waals surface area contributed by atoms with Gasteiger partial charge in [0.1, 0.15) is 12.2 Å². The first kappa shape index (κ1) is 12.8. The predicted molar refractivity (Wildman–Crippen MR) is 69.2 cm³/mol. The molecule has 1 aromatic carbocycles. The van der Waals surface area contributed by atoms with E-state index in [-0.39, 0.29) is 12.2 Å². The number of carbonyl (C=O) groups is 2. The zero-order valence-electron chi connectivity index (χ0n) is 10.2. The third-order valence-corrected chi connectivity index (χ3v) is 2.82. The third kappa shape index (κ3) is 2.33. The number of hydrogen-bond acceptors (Lipinski definition) is 3. The highest BCUT2D eigenvalue weighted by atomic mass is 16.4. The van der Waals surface area contributed by atoms with Crippen LogP contribution in [0.3, 0.4) is 0 Å². The van der Waals surface area contributed by atoms with Gasteiger partial charge in [0.05, 0.1) is 0 Å². The van der Waals surface area contributed by atoms with Gasteiger partial charge in [0.25, 0.3) is 5.56 Å². The van der Waals surface area contributed by atoms with Crippen LogP contribution in [-0.2, 0) is 11.3 Å². The minimum Gasteiger partial charge on any atom is -0.477 e. The molecule has 0 saturated heterocycles. The monoisotopic (exact) mass is 260 g/mol. The molecular formula is C13H12N2O4. The first-order valence-electron chi connectivity index (χ1n) is 5.61. The number of amides is 1. The number of aromatic carboxylic acids is 1. The Morgan fingerprint density at radius 2 is 2.00 bits per heavy atom. The number of carboxylic acid groups (broad SMARTS) is 1. The molecule has 2 N–H and O–H groups in total. The number of hydrogen-bond donors (Lipinski definition) is 2. The van der Waals surface area contributed by atoms with Gasteiger partial charge >= 0.3 is 5.97 Å². The van der Waals surface area contributed by atoms with Crippen LogP contribution in [0, 0.1) is 0 Å². The molecular weight excluding hydrogens is 248 g/mol. The second-order valence-electron chi connectivity index (χ2n) is 3.99. The molecule has 0 radical (unpaired) electrons. The molecule has 0 aliphatic carbocycles. The standard InChI is InChI=1S/C13H12N2O4/c1-14-11(16)7-15-10(13(18)19)6-8-4-2-3-5-9(8)12(15)17/h2-6H,7H2,1H3,(H,14,16)(H,18,19). The summed E-state index contributed by atoms with van der Waals surface area (Å²) in [6.45, 7) is -0.318. The molecule has 2 rings (SSSR count). The van der Waals surface area contributed by atoms with Crippen molar-refractivity contribution < 1.29 is 14.7 Å². The van der Waals surface area contributed by atoms with Crippen LogP contribution in [0.15, 0.2) is 35.1 Å². The molecule has 0 aliphatic rings. The molecule has 19 heavy (non-hydrogen) atoms. The molecule has 2 aromatic rings. The van der Waals surface area contributed by atoms with Crippen molar-refractivity contribution in [3.05, 3.63) is 46.4 Å². The minimum absolute atomic E-state index is 0.202. The largest absolute Gasteiger partial charge is 0.477 e. The highest BCUT2D eigenvalue weighted by molar-refractivity contribution is 5.93. The molecule has 0 saturated carbocycles. The van der Waals surface area contributed by atoms with Crippen LogP contribution in [0.1, 0.15) is 10.5 Å². The maximum absolute atomic E-state index is 12.2. The number of pyridine rings is 1. The summed E-state index contributed by atoms with van der Waals surface area (Å²) in [6, 6.07) is 8.06. The van der Waals surface area contributed by atoms with E-state index in [0.717, 1.165) is 4.57 Å². The minimum atomic E-state index is -1.24. The van der Waals surface area contributed by atoms with Crippen molar-refractivity contribution in [1.82, 2.24) is 9.88 Å². The van der Waals surface area contributed by atoms with Gasteiger partial charge in [0.2, 0.25) is 5.91 Å². The van der Waals surface area contributed by atoms with E-state index in [2.05, 4.69) is 5.32 Å². The van der Waals surface area contributed by atoms with Gasteiger partial charge in [-0.3, -0.25) is 14.2 Å². The molecule has 1 amide bonds. The van der Waals surface area contributed by atoms with Crippen molar-refractivity contribution in [2.24, 2.45) is 0 Å². The Hall–Kier alpha value is -2.63. The van der Waals surface area contributed by atoms with Crippen LogP contribution in [-0.4, -0.2) is 28.6 Å². The van der Waals surface area contributed by atoms with Crippen LogP contribution < -0.4 is 10.9 Å². The highest BCUT2D eigenvalue weighted by Gasteiger charge is 2.16. The zero-order valence-corrected chi connectivity index (χ0v) is 10.2. The molecule has 1 aromatic heterocycles. The third-order valence-electron chi connectivity index (χ3n) is 2.82. The van der Waals surface area contributed by atoms with Gasteiger partial charge in [0, 0.05) is 12.4 Å². The van der Waals surface area contributed by atoms with Crippen molar-refractivity contribution in [2.75, 3.05) is 7.05 Å². The average molecular weight is 260 g/mol. The van der Waals surface area contributed by atoms with Crippen molar-refractivity contribution in [1.29, 1.82) is 0 Å². The molecule has 0 bridgehead atoms. The topological polar surface area (TPSA) is 88.4 Å². The lowest BCUT2D eigenvalue weighted by Gasteiger charge is -2.10. The van der Waals surface area contributed by atoms with Crippen LogP contribution in [0.25, 0.3) is 10.8 Å². The molecule has 1 heterocycles. The first-order chi connectivity index (χ1) is 9.04. The van der Waals surface area contributed by atoms with Crippen LogP contribution in [0.4, 0.5) is 0 Å². The van der Waals surface area contributed by atoms with Gasteiger partial charge in [0.15, 0.2) is 0 Å². The fraction of sp³-hybridized carbons (Fsp3) is 0.154. The summed E-state index contributed by atoms with van der Waals surface area (Å²) in [5.74, 6) is -1.67. The van der Waals surface area contributed by atoms with E-state index in [4.69, 9.17) is 5.11 Å². The number of likely N-dealkylation sites (N-methyl/N-ethyl adjacent to an activating group) is 1. The van der Waals surface area contributed by atoms with Gasteiger partial charge in [-0.25, -0.2) is 4.79 Å². The summed E-state index contributed by atoms with van der Waals surface area (Å²) >= 11 is 0. The first-order valence-corrected chi connectivity index (χ1v) is 5.61. The number of rotatable bonds is 3. The normalized spacial score (nSPS) is 10.4. The number of carbonyl (C=O) groups excluding carboxylic acids is 1. The smallest absolute Gasteiger partial charge is 0.352 e. The molecule has 6 nitrogen and oxygen atoms in total. The van der Waals surface area contributed by atoms with E-state index in [0.29, 0.717) is 10.8 Å². The number of nitrogens with zero attached hydrogens (tertiary/aromatic N) is 1. The predicted octanol–water partition coefficient (Wildman–Crippen LogP) is 0.446. The summed E-state index contributed by atoms with van der Waals surface area (Å²) in [4.78, 5) is 34.8. The average Bonchev–Trinajstić information content (AvgIpc) is 2.41. The van der Waals surface area contributed by atoms with E-state index in [1.54, 1.807) is 24.3 Å². The van der Waals surface area contributed by atoms with Crippen LogP contribution >= 0.6 is 0 Å². The SMILES string of the molecule is CNC(=O)Cn1c(C(=O)O)cc2ccccc2c1=O. The number of nitrogens with one attached hydrogen (secondary N) is 1. The summed E-state index contributed by atoms with van der Waals surface area (Å²) < 4.78 is 0.962. The van der Waals surface area contributed by atoms with E-state index in [1.165, 1.54) is 13.1 Å². The van der Waals surface area contributed by atoms with Gasteiger partial charge in [-0.2, -0.15) is 0 Å². The van der Waals surface area contributed by atoms with E-state index in [9.17, 15) is 14.4 Å². The van der Waals surface area contributed by atoms with Gasteiger partial charge < -0.3 is 10.4 Å². The van der Waals surface area contributed by atoms with Gasteiger partial charge in [-0.1, -0.05) is 18.2 Å². The Kier molecular flexibility index (Phi) is 3.33. The maximum atomic E-state index is 12.2. The zero-order chi connectivity index (χ0) is 14.0. The van der Waals surface area contributed by atoms with Gasteiger partial charge in [-0.05, 0) is 17.5 Å². The number of fused-ring (bicyclic) bond motifs is 1. The van der Waals surface area contributed by atoms with Crippen molar-refractivity contribution in [3.8, 4) is 0 Å². The number of carboxylic acids is 1.